The predicted molar refractivity (Wildman–Crippen MR) is 83.2 cm³/mol. The van der Waals surface area contributed by atoms with E-state index in [0.29, 0.717) is 19.3 Å². The molecule has 0 saturated heterocycles. The van der Waals surface area contributed by atoms with Crippen LogP contribution in [0.3, 0.4) is 0 Å². The van der Waals surface area contributed by atoms with Gasteiger partial charge in [0.05, 0.1) is 22.4 Å². The van der Waals surface area contributed by atoms with Crippen LogP contribution in [-0.4, -0.2) is 26.9 Å². The molecule has 1 heterocycles. The van der Waals surface area contributed by atoms with Gasteiger partial charge in [-0.25, -0.2) is 4.98 Å². The second-order valence-corrected chi connectivity index (χ2v) is 8.06. The minimum Gasteiger partial charge on any atom is -0.390 e. The Bertz CT molecular complexity index is 428. The van der Waals surface area contributed by atoms with Gasteiger partial charge in [0, 0.05) is 17.2 Å². The third-order valence-corrected chi connectivity index (χ3v) is 5.15. The highest BCUT2D eigenvalue weighted by Gasteiger charge is 2.36. The molecule has 1 aliphatic carbocycles. The molecule has 0 amide bonds. The van der Waals surface area contributed by atoms with E-state index in [-0.39, 0.29) is 5.41 Å². The number of aliphatic hydroxyl groups excluding tert-OH is 1. The van der Waals surface area contributed by atoms with Crippen LogP contribution >= 0.6 is 11.3 Å². The zero-order chi connectivity index (χ0) is 14.8. The largest absolute Gasteiger partial charge is 0.390 e. The van der Waals surface area contributed by atoms with E-state index in [4.69, 9.17) is 0 Å². The summed E-state index contributed by atoms with van der Waals surface area (Å²) in [6.45, 7) is 6.42. The van der Waals surface area contributed by atoms with Crippen LogP contribution < -0.4 is 0 Å². The lowest BCUT2D eigenvalue weighted by Gasteiger charge is -2.31. The molecule has 1 fully saturated rings. The molecule has 1 unspecified atom stereocenters. The second kappa shape index (κ2) is 6.12. The molecule has 0 aromatic carbocycles. The Hall–Kier alpha value is -0.450. The summed E-state index contributed by atoms with van der Waals surface area (Å²) in [5.74, 6) is 0. The maximum atomic E-state index is 10.7. The normalized spacial score (nSPS) is 21.4. The maximum Gasteiger partial charge on any atom is 0.0955 e. The summed E-state index contributed by atoms with van der Waals surface area (Å²) in [4.78, 5) is 4.62. The highest BCUT2D eigenvalue weighted by Crippen LogP contribution is 2.32. The Labute approximate surface area is 126 Å². The Balaban J connectivity index is 2.03. The summed E-state index contributed by atoms with van der Waals surface area (Å²) in [5, 5.41) is 24.1. The number of aliphatic hydroxyl groups is 2. The van der Waals surface area contributed by atoms with Crippen LogP contribution in [0.1, 0.15) is 70.0 Å². The van der Waals surface area contributed by atoms with Gasteiger partial charge >= 0.3 is 0 Å². The molecule has 4 heteroatoms. The fourth-order valence-electron chi connectivity index (χ4n) is 2.78. The van der Waals surface area contributed by atoms with Crippen molar-refractivity contribution < 1.29 is 10.2 Å². The minimum atomic E-state index is -0.913. The standard InChI is InChI=1S/C16H27NO2S/c1-15(2,3)12-11-20-14(17-12)10-13(18)16(19)8-6-4-5-7-9-16/h11,13,18-19H,4-10H2,1-3H3. The van der Waals surface area contributed by atoms with Crippen molar-refractivity contribution in [3.05, 3.63) is 16.1 Å². The van der Waals surface area contributed by atoms with Gasteiger partial charge in [-0.05, 0) is 12.8 Å². The molecule has 1 aromatic heterocycles. The van der Waals surface area contributed by atoms with E-state index in [2.05, 4.69) is 31.1 Å². The second-order valence-electron chi connectivity index (χ2n) is 7.11. The van der Waals surface area contributed by atoms with Crippen molar-refractivity contribution in [2.45, 2.75) is 82.8 Å². The highest BCUT2D eigenvalue weighted by atomic mass is 32.1. The van der Waals surface area contributed by atoms with E-state index >= 15 is 0 Å². The van der Waals surface area contributed by atoms with Gasteiger partial charge in [-0.3, -0.25) is 0 Å². The molecule has 114 valence electrons. The van der Waals surface area contributed by atoms with Gasteiger partial charge in [0.15, 0.2) is 0 Å². The van der Waals surface area contributed by atoms with Crippen LogP contribution in [0, 0.1) is 0 Å². The lowest BCUT2D eigenvalue weighted by atomic mass is 9.87. The molecule has 0 radical (unpaired) electrons. The first kappa shape index (κ1) is 15.9. The molecule has 2 N–H and O–H groups in total. The molecule has 20 heavy (non-hydrogen) atoms. The quantitative estimate of drug-likeness (QED) is 0.840. The molecule has 0 aliphatic heterocycles. The molecular weight excluding hydrogens is 270 g/mol. The first-order valence-corrected chi connectivity index (χ1v) is 8.54. The van der Waals surface area contributed by atoms with E-state index in [1.807, 2.05) is 0 Å². The summed E-state index contributed by atoms with van der Waals surface area (Å²) in [6.07, 6.45) is 5.56. The fraction of sp³-hybridized carbons (Fsp3) is 0.812. The Kier molecular flexibility index (Phi) is 4.88. The highest BCUT2D eigenvalue weighted by molar-refractivity contribution is 7.09. The molecule has 1 aliphatic rings. The molecule has 1 atom stereocenters. The number of hydrogen-bond donors (Lipinski definition) is 2. The Morgan fingerprint density at radius 2 is 1.85 bits per heavy atom. The van der Waals surface area contributed by atoms with E-state index in [0.717, 1.165) is 23.5 Å². The molecular formula is C16H27NO2S. The number of nitrogens with zero attached hydrogens (tertiary/aromatic N) is 1. The Morgan fingerprint density at radius 1 is 1.25 bits per heavy atom. The third kappa shape index (κ3) is 3.80. The number of rotatable bonds is 3. The van der Waals surface area contributed by atoms with Crippen LogP contribution in [0.15, 0.2) is 5.38 Å². The molecule has 0 spiro atoms. The lowest BCUT2D eigenvalue weighted by molar-refractivity contribution is -0.0836. The van der Waals surface area contributed by atoms with Crippen LogP contribution in [0.2, 0.25) is 0 Å². The van der Waals surface area contributed by atoms with E-state index in [9.17, 15) is 10.2 Å². The monoisotopic (exact) mass is 297 g/mol. The summed E-state index contributed by atoms with van der Waals surface area (Å²) in [7, 11) is 0. The van der Waals surface area contributed by atoms with Crippen LogP contribution in [-0.2, 0) is 11.8 Å². The Morgan fingerprint density at radius 3 is 2.35 bits per heavy atom. The molecule has 1 saturated carbocycles. The zero-order valence-electron chi connectivity index (χ0n) is 12.9. The van der Waals surface area contributed by atoms with Gasteiger partial charge in [0.25, 0.3) is 0 Å². The van der Waals surface area contributed by atoms with E-state index < -0.39 is 11.7 Å². The summed E-state index contributed by atoms with van der Waals surface area (Å²) >= 11 is 1.59. The number of aromatic nitrogens is 1. The topological polar surface area (TPSA) is 53.4 Å². The average molecular weight is 297 g/mol. The maximum absolute atomic E-state index is 10.7. The van der Waals surface area contributed by atoms with Gasteiger partial charge in [0.1, 0.15) is 0 Å². The number of thiazole rings is 1. The van der Waals surface area contributed by atoms with Crippen molar-refractivity contribution in [3.8, 4) is 0 Å². The average Bonchev–Trinajstić information content (AvgIpc) is 2.71. The summed E-state index contributed by atoms with van der Waals surface area (Å²) in [6, 6.07) is 0. The van der Waals surface area contributed by atoms with Gasteiger partial charge < -0.3 is 10.2 Å². The SMILES string of the molecule is CC(C)(C)c1csc(CC(O)C2(O)CCCCCC2)n1. The smallest absolute Gasteiger partial charge is 0.0955 e. The van der Waals surface area contributed by atoms with Crippen LogP contribution in [0.5, 0.6) is 0 Å². The van der Waals surface area contributed by atoms with Crippen molar-refractivity contribution in [3.63, 3.8) is 0 Å². The van der Waals surface area contributed by atoms with Crippen LogP contribution in [0.25, 0.3) is 0 Å². The first-order valence-electron chi connectivity index (χ1n) is 7.67. The molecule has 1 aromatic rings. The number of hydrogen-bond acceptors (Lipinski definition) is 4. The minimum absolute atomic E-state index is 0.0406. The van der Waals surface area contributed by atoms with E-state index in [1.165, 1.54) is 12.8 Å². The van der Waals surface area contributed by atoms with Crippen molar-refractivity contribution in [1.82, 2.24) is 4.98 Å². The van der Waals surface area contributed by atoms with Gasteiger partial charge in [-0.15, -0.1) is 11.3 Å². The van der Waals surface area contributed by atoms with Crippen molar-refractivity contribution in [1.29, 1.82) is 0 Å². The summed E-state index contributed by atoms with van der Waals surface area (Å²) < 4.78 is 0. The van der Waals surface area contributed by atoms with Crippen molar-refractivity contribution in [2.24, 2.45) is 0 Å². The van der Waals surface area contributed by atoms with Crippen molar-refractivity contribution in [2.75, 3.05) is 0 Å². The third-order valence-electron chi connectivity index (χ3n) is 4.28. The van der Waals surface area contributed by atoms with Gasteiger partial charge in [-0.2, -0.15) is 0 Å². The zero-order valence-corrected chi connectivity index (χ0v) is 13.7. The van der Waals surface area contributed by atoms with Gasteiger partial charge in [0.2, 0.25) is 0 Å². The first-order chi connectivity index (χ1) is 9.31. The molecule has 2 rings (SSSR count). The molecule has 0 bridgehead atoms. The lowest BCUT2D eigenvalue weighted by Crippen LogP contribution is -2.43. The van der Waals surface area contributed by atoms with Gasteiger partial charge in [-0.1, -0.05) is 46.5 Å². The fourth-order valence-corrected chi connectivity index (χ4v) is 3.84. The summed E-state index contributed by atoms with van der Waals surface area (Å²) in [5.41, 5.74) is 0.195. The molecule has 3 nitrogen and oxygen atoms in total. The van der Waals surface area contributed by atoms with Crippen molar-refractivity contribution >= 4 is 11.3 Å². The van der Waals surface area contributed by atoms with Crippen LogP contribution in [0.4, 0.5) is 0 Å². The predicted octanol–water partition coefficient (Wildman–Crippen LogP) is 3.43. The van der Waals surface area contributed by atoms with E-state index in [1.54, 1.807) is 11.3 Å².